The van der Waals surface area contributed by atoms with E-state index in [0.717, 1.165) is 0 Å². The van der Waals surface area contributed by atoms with Crippen LogP contribution in [0.1, 0.15) is 0 Å². The van der Waals surface area contributed by atoms with Crippen LogP contribution in [0, 0.1) is 11.8 Å². The van der Waals surface area contributed by atoms with E-state index >= 15 is 0 Å². The molecule has 0 spiro atoms. The lowest BCUT2D eigenvalue weighted by Gasteiger charge is -2.21. The summed E-state index contributed by atoms with van der Waals surface area (Å²) in [4.78, 5) is 0. The predicted molar refractivity (Wildman–Crippen MR) is 39.0 cm³/mol. The molecule has 0 amide bonds. The lowest BCUT2D eigenvalue weighted by atomic mass is 9.99. The van der Waals surface area contributed by atoms with Crippen LogP contribution >= 0.6 is 0 Å². The van der Waals surface area contributed by atoms with Gasteiger partial charge in [-0.1, -0.05) is 0 Å². The van der Waals surface area contributed by atoms with E-state index in [1.807, 2.05) is 0 Å². The van der Waals surface area contributed by atoms with Crippen molar-refractivity contribution in [3.05, 3.63) is 0 Å². The Morgan fingerprint density at radius 1 is 1.33 bits per heavy atom. The maximum atomic E-state index is 9.63. The maximum absolute atomic E-state index is 9.63. The number of aliphatic hydroxyl groups is 4. The molecule has 5 heteroatoms. The summed E-state index contributed by atoms with van der Waals surface area (Å²) in [5.41, 5.74) is 4.14. The first-order chi connectivity index (χ1) is 5.55. The molecule has 6 N–H and O–H groups in total. The number of rotatable bonds is 1. The van der Waals surface area contributed by atoms with Crippen molar-refractivity contribution in [2.75, 3.05) is 6.61 Å². The standard InChI is InChI=1S/C7H13NO4/c8-5-3-2(1-9)4(10)6(11)7(3,5)12/h2-6,9-12H,1,8H2/t2-,3+,4+,5-,6-,7-/m0/s1. The highest BCUT2D eigenvalue weighted by Gasteiger charge is 2.76. The minimum atomic E-state index is -1.35. The van der Waals surface area contributed by atoms with Gasteiger partial charge in [0.05, 0.1) is 6.10 Å². The molecule has 6 atom stereocenters. The molecule has 2 rings (SSSR count). The number of fused-ring (bicyclic) bond motifs is 1. The Labute approximate surface area is 69.4 Å². The zero-order valence-corrected chi connectivity index (χ0v) is 6.46. The van der Waals surface area contributed by atoms with E-state index in [9.17, 15) is 15.3 Å². The number of nitrogens with two attached hydrogens (primary N) is 1. The van der Waals surface area contributed by atoms with Gasteiger partial charge in [0, 0.05) is 24.5 Å². The van der Waals surface area contributed by atoms with Crippen molar-refractivity contribution in [2.45, 2.75) is 23.9 Å². The number of hydrogen-bond donors (Lipinski definition) is 5. The van der Waals surface area contributed by atoms with E-state index in [0.29, 0.717) is 0 Å². The van der Waals surface area contributed by atoms with Gasteiger partial charge in [-0.2, -0.15) is 0 Å². The summed E-state index contributed by atoms with van der Waals surface area (Å²) in [6, 6.07) is -0.506. The second-order valence-electron chi connectivity index (χ2n) is 3.72. The van der Waals surface area contributed by atoms with Crippen molar-refractivity contribution in [1.82, 2.24) is 0 Å². The smallest absolute Gasteiger partial charge is 0.113 e. The zero-order chi connectivity index (χ0) is 9.09. The van der Waals surface area contributed by atoms with E-state index in [-0.39, 0.29) is 12.5 Å². The average Bonchev–Trinajstić information content (AvgIpc) is 2.50. The molecule has 12 heavy (non-hydrogen) atoms. The quantitative estimate of drug-likeness (QED) is 0.292. The Bertz CT molecular complexity index is 212. The third-order valence-corrected chi connectivity index (χ3v) is 3.25. The van der Waals surface area contributed by atoms with Gasteiger partial charge in [-0.05, 0) is 0 Å². The largest absolute Gasteiger partial charge is 0.396 e. The third-order valence-electron chi connectivity index (χ3n) is 3.25. The van der Waals surface area contributed by atoms with E-state index in [1.165, 1.54) is 0 Å². The molecule has 2 aliphatic carbocycles. The molecule has 0 aromatic carbocycles. The van der Waals surface area contributed by atoms with Crippen molar-refractivity contribution in [1.29, 1.82) is 0 Å². The lowest BCUT2D eigenvalue weighted by molar-refractivity contribution is -0.0645. The van der Waals surface area contributed by atoms with E-state index < -0.39 is 29.8 Å². The molecule has 0 unspecified atom stereocenters. The van der Waals surface area contributed by atoms with Gasteiger partial charge in [-0.3, -0.25) is 0 Å². The molecular weight excluding hydrogens is 162 g/mol. The molecule has 0 bridgehead atoms. The Balaban J connectivity index is 2.23. The first-order valence-electron chi connectivity index (χ1n) is 4.00. The van der Waals surface area contributed by atoms with Crippen molar-refractivity contribution < 1.29 is 20.4 Å². The SMILES string of the molecule is N[C@H]1[C@H]2[C@H](CO)[C@@H](O)[C@H](O)[C@]21O. The lowest BCUT2D eigenvalue weighted by Crippen LogP contribution is -2.43. The summed E-state index contributed by atoms with van der Waals surface area (Å²) in [7, 11) is 0. The average molecular weight is 175 g/mol. The maximum Gasteiger partial charge on any atom is 0.113 e. The third kappa shape index (κ3) is 0.664. The highest BCUT2D eigenvalue weighted by atomic mass is 16.4. The van der Waals surface area contributed by atoms with Crippen LogP contribution in [0.15, 0.2) is 0 Å². The van der Waals surface area contributed by atoms with Gasteiger partial charge in [0.2, 0.25) is 0 Å². The van der Waals surface area contributed by atoms with Crippen LogP contribution in [0.25, 0.3) is 0 Å². The van der Waals surface area contributed by atoms with Gasteiger partial charge in [0.1, 0.15) is 11.7 Å². The predicted octanol–water partition coefficient (Wildman–Crippen LogP) is -2.98. The fraction of sp³-hybridized carbons (Fsp3) is 1.00. The van der Waals surface area contributed by atoms with Gasteiger partial charge >= 0.3 is 0 Å². The summed E-state index contributed by atoms with van der Waals surface area (Å²) in [5.74, 6) is -0.840. The van der Waals surface area contributed by atoms with Gasteiger partial charge < -0.3 is 26.2 Å². The van der Waals surface area contributed by atoms with Gasteiger partial charge in [-0.15, -0.1) is 0 Å². The summed E-state index contributed by atoms with van der Waals surface area (Å²) in [6.45, 7) is -0.251. The van der Waals surface area contributed by atoms with Crippen LogP contribution in [-0.4, -0.2) is 50.9 Å². The highest BCUT2D eigenvalue weighted by Crippen LogP contribution is 2.57. The Morgan fingerprint density at radius 2 is 1.92 bits per heavy atom. The molecule has 0 saturated heterocycles. The van der Waals surface area contributed by atoms with Gasteiger partial charge in [0.15, 0.2) is 0 Å². The molecular formula is C7H13NO4. The second kappa shape index (κ2) is 2.18. The minimum Gasteiger partial charge on any atom is -0.396 e. The fourth-order valence-corrected chi connectivity index (χ4v) is 2.39. The fourth-order valence-electron chi connectivity index (χ4n) is 2.39. The summed E-state index contributed by atoms with van der Waals surface area (Å²) < 4.78 is 0. The molecule has 0 aliphatic heterocycles. The van der Waals surface area contributed by atoms with Gasteiger partial charge in [0.25, 0.3) is 0 Å². The second-order valence-corrected chi connectivity index (χ2v) is 3.72. The Kier molecular flexibility index (Phi) is 1.53. The first-order valence-corrected chi connectivity index (χ1v) is 4.00. The molecule has 0 aromatic rings. The van der Waals surface area contributed by atoms with Crippen LogP contribution in [0.4, 0.5) is 0 Å². The molecule has 0 radical (unpaired) electrons. The Morgan fingerprint density at radius 3 is 2.25 bits per heavy atom. The van der Waals surface area contributed by atoms with Crippen LogP contribution in [-0.2, 0) is 0 Å². The normalized spacial score (nSPS) is 63.2. The summed E-state index contributed by atoms with van der Waals surface area (Å²) in [6.07, 6.45) is -2.26. The molecule has 70 valence electrons. The number of hydrogen-bond acceptors (Lipinski definition) is 5. The van der Waals surface area contributed by atoms with Gasteiger partial charge in [-0.25, -0.2) is 0 Å². The van der Waals surface area contributed by atoms with E-state index in [1.54, 1.807) is 0 Å². The molecule has 5 nitrogen and oxygen atoms in total. The van der Waals surface area contributed by atoms with Crippen LogP contribution < -0.4 is 5.73 Å². The molecule has 0 aromatic heterocycles. The topological polar surface area (TPSA) is 107 Å². The monoisotopic (exact) mass is 175 g/mol. The van der Waals surface area contributed by atoms with Crippen molar-refractivity contribution in [2.24, 2.45) is 17.6 Å². The van der Waals surface area contributed by atoms with Crippen molar-refractivity contribution in [3.8, 4) is 0 Å². The molecule has 2 fully saturated rings. The van der Waals surface area contributed by atoms with E-state index in [4.69, 9.17) is 10.8 Å². The molecule has 0 heterocycles. The summed E-state index contributed by atoms with van der Waals surface area (Å²) in [5, 5.41) is 37.1. The Hall–Kier alpha value is -0.200. The molecule has 2 saturated carbocycles. The zero-order valence-electron chi connectivity index (χ0n) is 6.46. The van der Waals surface area contributed by atoms with Crippen molar-refractivity contribution in [3.63, 3.8) is 0 Å². The van der Waals surface area contributed by atoms with Crippen molar-refractivity contribution >= 4 is 0 Å². The number of aliphatic hydroxyl groups excluding tert-OH is 3. The van der Waals surface area contributed by atoms with Crippen LogP contribution in [0.5, 0.6) is 0 Å². The highest BCUT2D eigenvalue weighted by molar-refractivity contribution is 5.29. The van der Waals surface area contributed by atoms with Crippen LogP contribution in [0.2, 0.25) is 0 Å². The first kappa shape index (κ1) is 8.40. The minimum absolute atomic E-state index is 0.251. The summed E-state index contributed by atoms with van der Waals surface area (Å²) >= 11 is 0. The van der Waals surface area contributed by atoms with E-state index in [2.05, 4.69) is 0 Å². The molecule has 2 aliphatic rings. The van der Waals surface area contributed by atoms with Crippen LogP contribution in [0.3, 0.4) is 0 Å².